The summed E-state index contributed by atoms with van der Waals surface area (Å²) in [4.78, 5) is 11.1. The van der Waals surface area contributed by atoms with Gasteiger partial charge in [0, 0.05) is 9.90 Å². The van der Waals surface area contributed by atoms with E-state index in [2.05, 4.69) is 10.6 Å². The Morgan fingerprint density at radius 3 is 2.60 bits per heavy atom. The van der Waals surface area contributed by atoms with E-state index in [0.717, 1.165) is 19.4 Å². The van der Waals surface area contributed by atoms with Gasteiger partial charge in [-0.05, 0) is 19.4 Å². The molecule has 1 rings (SSSR count). The highest BCUT2D eigenvalue weighted by Gasteiger charge is 2.48. The predicted molar refractivity (Wildman–Crippen MR) is 43.9 cm³/mol. The molecule has 0 saturated heterocycles. The van der Waals surface area contributed by atoms with Crippen molar-refractivity contribution in [2.45, 2.75) is 25.3 Å². The molecule has 1 saturated carbocycles. The fourth-order valence-electron chi connectivity index (χ4n) is 1.19. The molecule has 0 heterocycles. The van der Waals surface area contributed by atoms with Crippen LogP contribution in [-0.4, -0.2) is 25.0 Å². The van der Waals surface area contributed by atoms with E-state index in [1.165, 1.54) is 0 Å². The summed E-state index contributed by atoms with van der Waals surface area (Å²) in [6.45, 7) is 2.89. The van der Waals surface area contributed by atoms with Crippen LogP contribution in [-0.2, 0) is 4.79 Å². The minimum Gasteiger partial charge on any atom is -0.358 e. The van der Waals surface area contributed by atoms with Crippen molar-refractivity contribution >= 4 is 5.91 Å². The molecule has 0 bridgehead atoms. The molecule has 3 heteroatoms. The molecule has 0 spiro atoms. The number of rotatable bonds is 3. The number of hydrogen-bond donors (Lipinski definition) is 2. The molecule has 0 aromatic rings. The zero-order chi connectivity index (χ0) is 7.61. The van der Waals surface area contributed by atoms with Crippen molar-refractivity contribution in [3.63, 3.8) is 0 Å². The third-order valence-corrected chi connectivity index (χ3v) is 1.93. The van der Waals surface area contributed by atoms with E-state index < -0.39 is 0 Å². The Hall–Kier alpha value is -0.570. The van der Waals surface area contributed by atoms with Gasteiger partial charge in [0.2, 0.25) is 5.91 Å². The van der Waals surface area contributed by atoms with Crippen LogP contribution in [0, 0.1) is 0 Å². The molecular formula is C7H18N2O. The maximum atomic E-state index is 11.1. The van der Waals surface area contributed by atoms with Crippen molar-refractivity contribution in [2.75, 3.05) is 13.6 Å². The van der Waals surface area contributed by atoms with E-state index in [1.54, 1.807) is 7.05 Å². The summed E-state index contributed by atoms with van der Waals surface area (Å²) in [5.41, 5.74) is -0.191. The number of nitrogens with one attached hydrogen (secondary N) is 2. The Kier molecular flexibility index (Phi) is 1.94. The highest BCUT2D eigenvalue weighted by Crippen LogP contribution is 2.34. The van der Waals surface area contributed by atoms with E-state index >= 15 is 0 Å². The van der Waals surface area contributed by atoms with Gasteiger partial charge in [-0.1, -0.05) is 6.92 Å². The maximum absolute atomic E-state index is 11.1. The van der Waals surface area contributed by atoms with Gasteiger partial charge in [0.25, 0.3) is 0 Å². The summed E-state index contributed by atoms with van der Waals surface area (Å²) >= 11 is 0. The first kappa shape index (κ1) is 7.54. The molecule has 1 aliphatic rings. The molecule has 3 nitrogen and oxygen atoms in total. The molecular weight excluding hydrogens is 128 g/mol. The molecule has 0 aliphatic heterocycles. The lowest BCUT2D eigenvalue weighted by Crippen LogP contribution is -2.45. The third-order valence-electron chi connectivity index (χ3n) is 1.93. The Labute approximate surface area is 64.2 Å². The number of carbonyl (C=O) groups excluding carboxylic acids is 1. The first-order valence-corrected chi connectivity index (χ1v) is 3.72. The highest BCUT2D eigenvalue weighted by atomic mass is 16.2. The van der Waals surface area contributed by atoms with E-state index in [-0.39, 0.29) is 14.3 Å². The quantitative estimate of drug-likeness (QED) is 0.604. The van der Waals surface area contributed by atoms with Gasteiger partial charge in [-0.3, -0.25) is 4.79 Å². The van der Waals surface area contributed by atoms with E-state index in [0.29, 0.717) is 0 Å². The maximum Gasteiger partial charge on any atom is 0.240 e. The van der Waals surface area contributed by atoms with Gasteiger partial charge in [-0.25, -0.2) is 0 Å². The van der Waals surface area contributed by atoms with Gasteiger partial charge in [0.1, 0.15) is 0 Å². The second kappa shape index (κ2) is 2.58. The molecule has 0 atom stereocenters. The van der Waals surface area contributed by atoms with E-state index in [1.807, 2.05) is 6.92 Å². The van der Waals surface area contributed by atoms with Gasteiger partial charge in [0.15, 0.2) is 0 Å². The van der Waals surface area contributed by atoms with Crippen LogP contribution in [0.2, 0.25) is 0 Å². The second-order valence-corrected chi connectivity index (χ2v) is 2.69. The van der Waals surface area contributed by atoms with Crippen molar-refractivity contribution < 1.29 is 7.65 Å². The van der Waals surface area contributed by atoms with Crippen LogP contribution in [0.15, 0.2) is 0 Å². The van der Waals surface area contributed by atoms with E-state index in [9.17, 15) is 4.79 Å². The van der Waals surface area contributed by atoms with Crippen LogP contribution < -0.4 is 10.6 Å². The lowest BCUT2D eigenvalue weighted by atomic mass is 10.2. The third kappa shape index (κ3) is 1.14. The minimum absolute atomic E-state index is 0. The number of carbonyl (C=O) groups is 1. The molecule has 62 valence electrons. The standard InChI is InChI=1S/C7H14N2O.2H2/c1-3-9-7(4-5-7)6(10)8-2;;/h9H,3-5H2,1-2H3,(H,8,10);2*1H. The molecule has 1 fully saturated rings. The average Bonchev–Trinajstić information content (AvgIpc) is 2.69. The Morgan fingerprint density at radius 1 is 1.70 bits per heavy atom. The average molecular weight is 146 g/mol. The zero-order valence-corrected chi connectivity index (χ0v) is 6.53. The van der Waals surface area contributed by atoms with Crippen molar-refractivity contribution in [2.24, 2.45) is 0 Å². The van der Waals surface area contributed by atoms with Gasteiger partial charge in [-0.15, -0.1) is 0 Å². The van der Waals surface area contributed by atoms with Crippen LogP contribution in [0.25, 0.3) is 0 Å². The Bertz CT molecular complexity index is 148. The first-order chi connectivity index (χ1) is 4.75. The summed E-state index contributed by atoms with van der Waals surface area (Å²) in [5, 5.41) is 5.82. The number of amides is 1. The molecule has 2 N–H and O–H groups in total. The van der Waals surface area contributed by atoms with Gasteiger partial charge in [-0.2, -0.15) is 0 Å². The van der Waals surface area contributed by atoms with Crippen LogP contribution in [0.1, 0.15) is 22.6 Å². The SMILES string of the molecule is CCNC1(C(=O)NC)CC1.[HH].[HH]. The molecule has 0 radical (unpaired) electrons. The van der Waals surface area contributed by atoms with Crippen LogP contribution in [0.5, 0.6) is 0 Å². The fraction of sp³-hybridized carbons (Fsp3) is 0.857. The zero-order valence-electron chi connectivity index (χ0n) is 6.53. The van der Waals surface area contributed by atoms with Gasteiger partial charge >= 0.3 is 0 Å². The van der Waals surface area contributed by atoms with Gasteiger partial charge < -0.3 is 10.6 Å². The number of likely N-dealkylation sites (N-methyl/N-ethyl adjacent to an activating group) is 2. The summed E-state index contributed by atoms with van der Waals surface area (Å²) < 4.78 is 0. The van der Waals surface area contributed by atoms with Crippen molar-refractivity contribution in [1.82, 2.24) is 10.6 Å². The normalized spacial score (nSPS) is 20.2. The highest BCUT2D eigenvalue weighted by molar-refractivity contribution is 5.89. The molecule has 0 aromatic heterocycles. The molecule has 10 heavy (non-hydrogen) atoms. The largest absolute Gasteiger partial charge is 0.358 e. The summed E-state index contributed by atoms with van der Waals surface area (Å²) in [7, 11) is 1.68. The minimum atomic E-state index is -0.191. The van der Waals surface area contributed by atoms with Crippen LogP contribution in [0.4, 0.5) is 0 Å². The molecule has 0 aromatic carbocycles. The molecule has 1 aliphatic carbocycles. The number of hydrogen-bond acceptors (Lipinski definition) is 2. The molecule has 1 amide bonds. The second-order valence-electron chi connectivity index (χ2n) is 2.69. The van der Waals surface area contributed by atoms with Crippen molar-refractivity contribution in [3.8, 4) is 0 Å². The van der Waals surface area contributed by atoms with Crippen molar-refractivity contribution in [1.29, 1.82) is 0 Å². The molecule has 0 unspecified atom stereocenters. The predicted octanol–water partition coefficient (Wildman–Crippen LogP) is 0.366. The van der Waals surface area contributed by atoms with Crippen molar-refractivity contribution in [3.05, 3.63) is 0 Å². The lowest BCUT2D eigenvalue weighted by Gasteiger charge is -2.12. The Balaban J connectivity index is 0. The smallest absolute Gasteiger partial charge is 0.240 e. The van der Waals surface area contributed by atoms with Crippen LogP contribution >= 0.6 is 0 Å². The Morgan fingerprint density at radius 2 is 2.30 bits per heavy atom. The fourth-order valence-corrected chi connectivity index (χ4v) is 1.19. The first-order valence-electron chi connectivity index (χ1n) is 3.72. The summed E-state index contributed by atoms with van der Waals surface area (Å²) in [6, 6.07) is 0. The summed E-state index contributed by atoms with van der Waals surface area (Å²) in [5.74, 6) is 0.134. The van der Waals surface area contributed by atoms with E-state index in [4.69, 9.17) is 0 Å². The van der Waals surface area contributed by atoms with Crippen LogP contribution in [0.3, 0.4) is 0 Å². The topological polar surface area (TPSA) is 41.1 Å². The lowest BCUT2D eigenvalue weighted by molar-refractivity contribution is -0.123. The summed E-state index contributed by atoms with van der Waals surface area (Å²) in [6.07, 6.45) is 1.97. The van der Waals surface area contributed by atoms with Gasteiger partial charge in [0.05, 0.1) is 5.54 Å². The monoisotopic (exact) mass is 146 g/mol.